The van der Waals surface area contributed by atoms with Crippen LogP contribution in [0.2, 0.25) is 0 Å². The van der Waals surface area contributed by atoms with Gasteiger partial charge in [-0.05, 0) is 68.2 Å². The molecule has 0 aromatic heterocycles. The molecule has 2 aliphatic carbocycles. The summed E-state index contributed by atoms with van der Waals surface area (Å²) in [5, 5.41) is 3.68. The molecule has 0 unspecified atom stereocenters. The molecule has 3 rings (SSSR count). The molecule has 1 spiro atoms. The van der Waals surface area contributed by atoms with Crippen molar-refractivity contribution in [3.05, 3.63) is 24.3 Å². The topological polar surface area (TPSA) is 21.3 Å². The van der Waals surface area contributed by atoms with Crippen molar-refractivity contribution in [3.8, 4) is 5.75 Å². The maximum Gasteiger partial charge on any atom is 0.119 e. The lowest BCUT2D eigenvalue weighted by Gasteiger charge is -2.37. The molecule has 0 atom stereocenters. The van der Waals surface area contributed by atoms with Gasteiger partial charge in [0.15, 0.2) is 0 Å². The van der Waals surface area contributed by atoms with E-state index in [1.54, 1.807) is 7.11 Å². The number of methoxy groups -OCH3 is 1. The van der Waals surface area contributed by atoms with Crippen LogP contribution >= 0.6 is 0 Å². The smallest absolute Gasteiger partial charge is 0.119 e. The van der Waals surface area contributed by atoms with Gasteiger partial charge in [0.1, 0.15) is 5.75 Å². The molecule has 2 fully saturated rings. The van der Waals surface area contributed by atoms with E-state index in [2.05, 4.69) is 17.4 Å². The fraction of sp³-hybridized carbons (Fsp3) is 0.647. The van der Waals surface area contributed by atoms with Gasteiger partial charge in [0, 0.05) is 11.7 Å². The minimum atomic E-state index is 0.666. The summed E-state index contributed by atoms with van der Waals surface area (Å²) in [5.41, 5.74) is 1.96. The molecule has 0 amide bonds. The van der Waals surface area contributed by atoms with E-state index in [1.165, 1.54) is 57.1 Å². The van der Waals surface area contributed by atoms with E-state index in [-0.39, 0.29) is 0 Å². The number of benzene rings is 1. The normalized spacial score (nSPS) is 22.6. The van der Waals surface area contributed by atoms with Crippen LogP contribution in [0.15, 0.2) is 24.3 Å². The van der Waals surface area contributed by atoms with Crippen LogP contribution in [0, 0.1) is 5.41 Å². The van der Waals surface area contributed by atoms with Crippen molar-refractivity contribution in [2.45, 2.75) is 57.4 Å². The monoisotopic (exact) mass is 259 g/mol. The SMILES string of the molecule is COc1ccc(NC2CCC3(CCCC3)CC2)cc1. The summed E-state index contributed by atoms with van der Waals surface area (Å²) >= 11 is 0. The lowest BCUT2D eigenvalue weighted by atomic mass is 9.71. The summed E-state index contributed by atoms with van der Waals surface area (Å²) in [4.78, 5) is 0. The van der Waals surface area contributed by atoms with Crippen molar-refractivity contribution in [2.24, 2.45) is 5.41 Å². The Hall–Kier alpha value is -1.18. The lowest BCUT2D eigenvalue weighted by molar-refractivity contribution is 0.188. The number of rotatable bonds is 3. The maximum atomic E-state index is 5.19. The average molecular weight is 259 g/mol. The molecule has 104 valence electrons. The van der Waals surface area contributed by atoms with Gasteiger partial charge in [-0.3, -0.25) is 0 Å². The van der Waals surface area contributed by atoms with E-state index < -0.39 is 0 Å². The van der Waals surface area contributed by atoms with Crippen LogP contribution in [-0.4, -0.2) is 13.2 Å². The van der Waals surface area contributed by atoms with E-state index >= 15 is 0 Å². The highest BCUT2D eigenvalue weighted by molar-refractivity contribution is 5.47. The largest absolute Gasteiger partial charge is 0.497 e. The first-order valence-corrected chi connectivity index (χ1v) is 7.70. The van der Waals surface area contributed by atoms with Crippen molar-refractivity contribution in [2.75, 3.05) is 12.4 Å². The first-order chi connectivity index (χ1) is 9.30. The number of nitrogens with one attached hydrogen (secondary N) is 1. The second-order valence-corrected chi connectivity index (χ2v) is 6.35. The number of ether oxygens (including phenoxy) is 1. The van der Waals surface area contributed by atoms with Crippen molar-refractivity contribution in [1.82, 2.24) is 0 Å². The van der Waals surface area contributed by atoms with Crippen molar-refractivity contribution in [1.29, 1.82) is 0 Å². The van der Waals surface area contributed by atoms with Gasteiger partial charge in [-0.15, -0.1) is 0 Å². The van der Waals surface area contributed by atoms with Crippen LogP contribution in [-0.2, 0) is 0 Å². The van der Waals surface area contributed by atoms with E-state index in [0.29, 0.717) is 6.04 Å². The molecule has 0 radical (unpaired) electrons. The molecule has 1 aromatic rings. The number of hydrogen-bond donors (Lipinski definition) is 1. The van der Waals surface area contributed by atoms with Crippen LogP contribution in [0.4, 0.5) is 5.69 Å². The van der Waals surface area contributed by atoms with Gasteiger partial charge < -0.3 is 10.1 Å². The summed E-state index contributed by atoms with van der Waals surface area (Å²) in [6, 6.07) is 8.98. The molecular formula is C17H25NO. The fourth-order valence-corrected chi connectivity index (χ4v) is 3.92. The van der Waals surface area contributed by atoms with E-state index in [1.807, 2.05) is 12.1 Å². The lowest BCUT2D eigenvalue weighted by Crippen LogP contribution is -2.31. The Morgan fingerprint density at radius 1 is 1.00 bits per heavy atom. The van der Waals surface area contributed by atoms with Gasteiger partial charge in [-0.2, -0.15) is 0 Å². The van der Waals surface area contributed by atoms with Gasteiger partial charge >= 0.3 is 0 Å². The van der Waals surface area contributed by atoms with Crippen LogP contribution in [0.5, 0.6) is 5.75 Å². The zero-order valence-corrected chi connectivity index (χ0v) is 12.0. The maximum absolute atomic E-state index is 5.19. The predicted octanol–water partition coefficient (Wildman–Crippen LogP) is 4.61. The summed E-state index contributed by atoms with van der Waals surface area (Å²) in [6.07, 6.45) is 11.5. The Morgan fingerprint density at radius 2 is 1.63 bits per heavy atom. The Labute approximate surface area is 116 Å². The molecule has 0 heterocycles. The Kier molecular flexibility index (Phi) is 3.67. The highest BCUT2D eigenvalue weighted by Crippen LogP contribution is 2.49. The van der Waals surface area contributed by atoms with Crippen LogP contribution in [0.25, 0.3) is 0 Å². The molecular weight excluding hydrogens is 234 g/mol. The van der Waals surface area contributed by atoms with Gasteiger partial charge in [0.05, 0.1) is 7.11 Å². The second-order valence-electron chi connectivity index (χ2n) is 6.35. The molecule has 0 saturated heterocycles. The minimum absolute atomic E-state index is 0.666. The predicted molar refractivity (Wildman–Crippen MR) is 79.8 cm³/mol. The molecule has 1 N–H and O–H groups in total. The van der Waals surface area contributed by atoms with Crippen molar-refractivity contribution in [3.63, 3.8) is 0 Å². The second kappa shape index (κ2) is 5.44. The van der Waals surface area contributed by atoms with Gasteiger partial charge in [-0.25, -0.2) is 0 Å². The van der Waals surface area contributed by atoms with Gasteiger partial charge in [-0.1, -0.05) is 12.8 Å². The van der Waals surface area contributed by atoms with Crippen LogP contribution in [0.3, 0.4) is 0 Å². The van der Waals surface area contributed by atoms with Crippen LogP contribution < -0.4 is 10.1 Å². The zero-order chi connectivity index (χ0) is 13.1. The minimum Gasteiger partial charge on any atom is -0.497 e. The Balaban J connectivity index is 1.53. The first-order valence-electron chi connectivity index (χ1n) is 7.70. The molecule has 2 nitrogen and oxygen atoms in total. The standard InChI is InChI=1S/C17H25NO/c1-19-16-6-4-14(5-7-16)18-15-8-12-17(13-9-15)10-2-3-11-17/h4-7,15,18H,2-3,8-13H2,1H3. The van der Waals surface area contributed by atoms with Crippen LogP contribution in [0.1, 0.15) is 51.4 Å². The highest BCUT2D eigenvalue weighted by Gasteiger charge is 2.37. The van der Waals surface area contributed by atoms with Gasteiger partial charge in [0.25, 0.3) is 0 Å². The summed E-state index contributed by atoms with van der Waals surface area (Å²) in [5.74, 6) is 0.930. The quantitative estimate of drug-likeness (QED) is 0.856. The highest BCUT2D eigenvalue weighted by atomic mass is 16.5. The third-order valence-corrected chi connectivity index (χ3v) is 5.17. The Bertz CT molecular complexity index is 396. The zero-order valence-electron chi connectivity index (χ0n) is 12.0. The molecule has 19 heavy (non-hydrogen) atoms. The third-order valence-electron chi connectivity index (χ3n) is 5.17. The Morgan fingerprint density at radius 3 is 2.21 bits per heavy atom. The third kappa shape index (κ3) is 2.88. The summed E-state index contributed by atoms with van der Waals surface area (Å²) in [7, 11) is 1.71. The molecule has 1 aromatic carbocycles. The van der Waals surface area contributed by atoms with Crippen molar-refractivity contribution >= 4 is 5.69 Å². The fourth-order valence-electron chi connectivity index (χ4n) is 3.92. The summed E-state index contributed by atoms with van der Waals surface area (Å²) in [6.45, 7) is 0. The van der Waals surface area contributed by atoms with E-state index in [0.717, 1.165) is 11.2 Å². The molecule has 2 heteroatoms. The van der Waals surface area contributed by atoms with E-state index in [4.69, 9.17) is 4.74 Å². The molecule has 0 aliphatic heterocycles. The van der Waals surface area contributed by atoms with Crippen molar-refractivity contribution < 1.29 is 4.74 Å². The van der Waals surface area contributed by atoms with E-state index in [9.17, 15) is 0 Å². The molecule has 0 bridgehead atoms. The summed E-state index contributed by atoms with van der Waals surface area (Å²) < 4.78 is 5.19. The molecule has 2 saturated carbocycles. The first kappa shape index (κ1) is 12.8. The molecule has 2 aliphatic rings. The average Bonchev–Trinajstić information content (AvgIpc) is 2.91. The van der Waals surface area contributed by atoms with Gasteiger partial charge in [0.2, 0.25) is 0 Å². The number of anilines is 1. The number of hydrogen-bond acceptors (Lipinski definition) is 2.